The van der Waals surface area contributed by atoms with Gasteiger partial charge in [-0.3, -0.25) is 4.79 Å². The number of carbonyl (C=O) groups excluding carboxylic acids is 1. The third-order valence-corrected chi connectivity index (χ3v) is 4.73. The van der Waals surface area contributed by atoms with Crippen molar-refractivity contribution >= 4 is 17.3 Å². The van der Waals surface area contributed by atoms with Crippen molar-refractivity contribution in [1.29, 1.82) is 0 Å². The third kappa shape index (κ3) is 4.13. The fourth-order valence-corrected chi connectivity index (χ4v) is 3.26. The van der Waals surface area contributed by atoms with Gasteiger partial charge in [0.05, 0.1) is 25.6 Å². The SMILES string of the molecule is COc1ccc(C2=NN(C(=O)CNc3cccc(F)c3)[C@H](c3ccco3)C2)cc1. The van der Waals surface area contributed by atoms with Gasteiger partial charge < -0.3 is 14.5 Å². The molecular weight excluding hydrogens is 373 g/mol. The lowest BCUT2D eigenvalue weighted by Gasteiger charge is -2.20. The van der Waals surface area contributed by atoms with Crippen LogP contribution < -0.4 is 10.1 Å². The van der Waals surface area contributed by atoms with Gasteiger partial charge in [-0.25, -0.2) is 9.40 Å². The number of furan rings is 1. The molecule has 6 nitrogen and oxygen atoms in total. The van der Waals surface area contributed by atoms with E-state index in [0.717, 1.165) is 17.0 Å². The molecule has 1 aliphatic heterocycles. The molecule has 1 aliphatic rings. The van der Waals surface area contributed by atoms with Gasteiger partial charge in [-0.05, 0) is 60.2 Å². The van der Waals surface area contributed by atoms with Crippen LogP contribution in [0.25, 0.3) is 0 Å². The molecule has 0 spiro atoms. The molecule has 1 N–H and O–H groups in total. The van der Waals surface area contributed by atoms with Gasteiger partial charge in [0, 0.05) is 12.1 Å². The summed E-state index contributed by atoms with van der Waals surface area (Å²) in [5.41, 5.74) is 2.23. The fraction of sp³-hybridized carbons (Fsp3) is 0.182. The van der Waals surface area contributed by atoms with E-state index in [9.17, 15) is 9.18 Å². The molecule has 0 unspecified atom stereocenters. The Morgan fingerprint density at radius 3 is 2.76 bits per heavy atom. The van der Waals surface area contributed by atoms with Crippen molar-refractivity contribution in [2.45, 2.75) is 12.5 Å². The van der Waals surface area contributed by atoms with E-state index in [2.05, 4.69) is 10.4 Å². The molecule has 2 heterocycles. The van der Waals surface area contributed by atoms with Crippen molar-refractivity contribution in [1.82, 2.24) is 5.01 Å². The van der Waals surface area contributed by atoms with E-state index < -0.39 is 0 Å². The van der Waals surface area contributed by atoms with Crippen LogP contribution in [0.1, 0.15) is 23.8 Å². The summed E-state index contributed by atoms with van der Waals surface area (Å²) in [4.78, 5) is 12.9. The van der Waals surface area contributed by atoms with Crippen molar-refractivity contribution in [2.75, 3.05) is 19.0 Å². The number of nitrogens with zero attached hydrogens (tertiary/aromatic N) is 2. The second-order valence-electron chi connectivity index (χ2n) is 6.61. The summed E-state index contributed by atoms with van der Waals surface area (Å²) in [6, 6.07) is 16.8. The summed E-state index contributed by atoms with van der Waals surface area (Å²) in [6.45, 7) is -0.0138. The Kier molecular flexibility index (Phi) is 5.29. The summed E-state index contributed by atoms with van der Waals surface area (Å²) in [7, 11) is 1.61. The zero-order chi connectivity index (χ0) is 20.2. The van der Waals surface area contributed by atoms with Crippen LogP contribution in [0, 0.1) is 5.82 Å². The van der Waals surface area contributed by atoms with Crippen LogP contribution in [0.2, 0.25) is 0 Å². The Hall–Kier alpha value is -3.61. The van der Waals surface area contributed by atoms with E-state index in [1.54, 1.807) is 31.6 Å². The molecule has 3 aromatic rings. The maximum absolute atomic E-state index is 13.4. The average molecular weight is 393 g/mol. The number of halogens is 1. The molecule has 2 aromatic carbocycles. The van der Waals surface area contributed by atoms with E-state index in [0.29, 0.717) is 17.9 Å². The monoisotopic (exact) mass is 393 g/mol. The van der Waals surface area contributed by atoms with Gasteiger partial charge >= 0.3 is 0 Å². The van der Waals surface area contributed by atoms with Gasteiger partial charge in [0.25, 0.3) is 5.91 Å². The largest absolute Gasteiger partial charge is 0.497 e. The molecule has 1 aromatic heterocycles. The standard InChI is InChI=1S/C22H20FN3O3/c1-28-18-9-7-15(8-10-18)19-13-20(21-6-3-11-29-21)26(25-19)22(27)14-24-17-5-2-4-16(23)12-17/h2-12,20,24H,13-14H2,1H3/t20-/m0/s1. The van der Waals surface area contributed by atoms with E-state index in [1.165, 1.54) is 17.1 Å². The number of rotatable bonds is 6. The predicted molar refractivity (Wildman–Crippen MR) is 107 cm³/mol. The number of hydrogen-bond donors (Lipinski definition) is 1. The highest BCUT2D eigenvalue weighted by molar-refractivity contribution is 6.03. The molecule has 1 amide bonds. The lowest BCUT2D eigenvalue weighted by atomic mass is 10.0. The minimum atomic E-state index is -0.364. The highest BCUT2D eigenvalue weighted by atomic mass is 19.1. The smallest absolute Gasteiger partial charge is 0.262 e. The number of amides is 1. The van der Waals surface area contributed by atoms with Crippen LogP contribution in [0.4, 0.5) is 10.1 Å². The van der Waals surface area contributed by atoms with Gasteiger partial charge in [0.2, 0.25) is 0 Å². The summed E-state index contributed by atoms with van der Waals surface area (Å²) >= 11 is 0. The summed E-state index contributed by atoms with van der Waals surface area (Å²) in [5, 5.41) is 8.95. The maximum atomic E-state index is 13.4. The second-order valence-corrected chi connectivity index (χ2v) is 6.61. The minimum Gasteiger partial charge on any atom is -0.497 e. The zero-order valence-electron chi connectivity index (χ0n) is 15.8. The van der Waals surface area contributed by atoms with Gasteiger partial charge in [-0.1, -0.05) is 6.07 Å². The number of nitrogens with one attached hydrogen (secondary N) is 1. The van der Waals surface area contributed by atoms with Crippen LogP contribution in [0.3, 0.4) is 0 Å². The summed E-state index contributed by atoms with van der Waals surface area (Å²) in [6.07, 6.45) is 2.11. The van der Waals surface area contributed by atoms with Gasteiger partial charge in [-0.15, -0.1) is 0 Å². The molecule has 0 aliphatic carbocycles. The second kappa shape index (κ2) is 8.18. The molecule has 7 heteroatoms. The molecule has 148 valence electrons. The molecule has 0 saturated heterocycles. The fourth-order valence-electron chi connectivity index (χ4n) is 3.26. The van der Waals surface area contributed by atoms with Crippen LogP contribution in [-0.2, 0) is 4.79 Å². The van der Waals surface area contributed by atoms with E-state index in [-0.39, 0.29) is 24.3 Å². The summed E-state index contributed by atoms with van der Waals surface area (Å²) in [5.74, 6) is 0.814. The number of benzene rings is 2. The molecule has 4 rings (SSSR count). The van der Waals surface area contributed by atoms with Crippen molar-refractivity contribution in [3.05, 3.63) is 84.1 Å². The van der Waals surface area contributed by atoms with Crippen molar-refractivity contribution < 1.29 is 18.3 Å². The molecule has 0 bridgehead atoms. The number of anilines is 1. The lowest BCUT2D eigenvalue weighted by molar-refractivity contribution is -0.131. The Labute approximate surface area is 167 Å². The molecule has 1 atom stereocenters. The predicted octanol–water partition coefficient (Wildman–Crippen LogP) is 4.22. The quantitative estimate of drug-likeness (QED) is 0.681. The zero-order valence-corrected chi connectivity index (χ0v) is 15.8. The number of methoxy groups -OCH3 is 1. The molecule has 0 saturated carbocycles. The molecule has 29 heavy (non-hydrogen) atoms. The highest BCUT2D eigenvalue weighted by Crippen LogP contribution is 2.33. The topological polar surface area (TPSA) is 67.1 Å². The van der Waals surface area contributed by atoms with E-state index in [1.807, 2.05) is 30.3 Å². The van der Waals surface area contributed by atoms with Gasteiger partial charge in [0.15, 0.2) is 0 Å². The minimum absolute atomic E-state index is 0.0138. The first-order valence-corrected chi connectivity index (χ1v) is 9.21. The van der Waals surface area contributed by atoms with Crippen LogP contribution in [0.5, 0.6) is 5.75 Å². The number of hydrogen-bond acceptors (Lipinski definition) is 5. The highest BCUT2D eigenvalue weighted by Gasteiger charge is 2.34. The first-order valence-electron chi connectivity index (χ1n) is 9.21. The summed E-state index contributed by atoms with van der Waals surface area (Å²) < 4.78 is 24.1. The van der Waals surface area contributed by atoms with Crippen LogP contribution >= 0.6 is 0 Å². The number of ether oxygens (including phenoxy) is 1. The maximum Gasteiger partial charge on any atom is 0.262 e. The Morgan fingerprint density at radius 2 is 2.07 bits per heavy atom. The molecule has 0 fully saturated rings. The van der Waals surface area contributed by atoms with Crippen LogP contribution in [0.15, 0.2) is 76.4 Å². The normalized spacial score (nSPS) is 15.9. The number of carbonyl (C=O) groups is 1. The average Bonchev–Trinajstić information content (AvgIpc) is 3.42. The van der Waals surface area contributed by atoms with E-state index in [4.69, 9.17) is 9.15 Å². The Bertz CT molecular complexity index is 1020. The Balaban J connectivity index is 1.54. The van der Waals surface area contributed by atoms with Gasteiger partial charge in [-0.2, -0.15) is 5.10 Å². The van der Waals surface area contributed by atoms with E-state index >= 15 is 0 Å². The number of hydrazone groups is 1. The third-order valence-electron chi connectivity index (χ3n) is 4.73. The first kappa shape index (κ1) is 18.7. The van der Waals surface area contributed by atoms with Crippen LogP contribution in [-0.4, -0.2) is 30.3 Å². The van der Waals surface area contributed by atoms with Crippen molar-refractivity contribution in [2.24, 2.45) is 5.10 Å². The molecular formula is C22H20FN3O3. The lowest BCUT2D eigenvalue weighted by Crippen LogP contribution is -2.32. The van der Waals surface area contributed by atoms with Crippen molar-refractivity contribution in [3.63, 3.8) is 0 Å². The Morgan fingerprint density at radius 1 is 1.24 bits per heavy atom. The first-order chi connectivity index (χ1) is 14.1. The van der Waals surface area contributed by atoms with Gasteiger partial charge in [0.1, 0.15) is 23.4 Å². The molecule has 0 radical (unpaired) electrons. The van der Waals surface area contributed by atoms with Crippen molar-refractivity contribution in [3.8, 4) is 5.75 Å².